The number of methoxy groups -OCH3 is 1. The van der Waals surface area contributed by atoms with E-state index < -0.39 is 15.8 Å². The van der Waals surface area contributed by atoms with Gasteiger partial charge in [-0.25, -0.2) is 12.8 Å². The first-order chi connectivity index (χ1) is 11.3. The van der Waals surface area contributed by atoms with E-state index in [9.17, 15) is 17.6 Å². The Kier molecular flexibility index (Phi) is 5.36. The van der Waals surface area contributed by atoms with E-state index in [1.165, 1.54) is 33.2 Å². The Hall–Kier alpha value is -2.25. The molecule has 0 aliphatic rings. The highest BCUT2D eigenvalue weighted by Gasteiger charge is 2.22. The molecule has 2 aromatic carbocycles. The number of sulfonamides is 1. The van der Waals surface area contributed by atoms with Gasteiger partial charge in [-0.2, -0.15) is 4.31 Å². The summed E-state index contributed by atoms with van der Waals surface area (Å²) >= 11 is 0. The zero-order chi connectivity index (χ0) is 17.9. The Bertz CT molecular complexity index is 847. The number of ether oxygens (including phenoxy) is 1. The van der Waals surface area contributed by atoms with Crippen LogP contribution in [0.25, 0.3) is 0 Å². The molecule has 24 heavy (non-hydrogen) atoms. The number of rotatable bonds is 6. The smallest absolute Gasteiger partial charge is 0.243 e. The van der Waals surface area contributed by atoms with Gasteiger partial charge < -0.3 is 4.74 Å². The Morgan fingerprint density at radius 3 is 2.33 bits per heavy atom. The van der Waals surface area contributed by atoms with Crippen LogP contribution in [-0.2, 0) is 16.6 Å². The van der Waals surface area contributed by atoms with Crippen molar-refractivity contribution >= 4 is 15.8 Å². The van der Waals surface area contributed by atoms with Gasteiger partial charge in [0.05, 0.1) is 12.0 Å². The molecule has 0 atom stereocenters. The number of ketones is 1. The van der Waals surface area contributed by atoms with Crippen molar-refractivity contribution in [1.82, 2.24) is 4.31 Å². The number of Topliss-reactive ketones (excluding diaryl/α,β-unsaturated/α-hetero) is 1. The van der Waals surface area contributed by atoms with Crippen molar-refractivity contribution in [3.63, 3.8) is 0 Å². The summed E-state index contributed by atoms with van der Waals surface area (Å²) in [6.07, 6.45) is 0. The monoisotopic (exact) mass is 351 g/mol. The van der Waals surface area contributed by atoms with Crippen molar-refractivity contribution in [2.24, 2.45) is 0 Å². The molecule has 5 nitrogen and oxygen atoms in total. The average Bonchev–Trinajstić information content (AvgIpc) is 2.55. The molecule has 7 heteroatoms. The Morgan fingerprint density at radius 2 is 1.79 bits per heavy atom. The molecule has 2 aromatic rings. The van der Waals surface area contributed by atoms with E-state index in [0.29, 0.717) is 16.9 Å². The third kappa shape index (κ3) is 3.80. The lowest BCUT2D eigenvalue weighted by Crippen LogP contribution is -2.26. The normalized spacial score (nSPS) is 11.5. The van der Waals surface area contributed by atoms with Crippen molar-refractivity contribution in [2.45, 2.75) is 18.4 Å². The summed E-state index contributed by atoms with van der Waals surface area (Å²) < 4.78 is 44.5. The lowest BCUT2D eigenvalue weighted by atomic mass is 10.1. The molecule has 0 aromatic heterocycles. The van der Waals surface area contributed by atoms with E-state index in [4.69, 9.17) is 4.74 Å². The molecule has 0 saturated heterocycles. The van der Waals surface area contributed by atoms with Crippen LogP contribution in [0.2, 0.25) is 0 Å². The summed E-state index contributed by atoms with van der Waals surface area (Å²) in [6.45, 7) is 1.45. The Labute approximate surface area is 140 Å². The predicted octanol–water partition coefficient (Wildman–Crippen LogP) is 2.86. The minimum absolute atomic E-state index is 0.00640. The molecule has 0 heterocycles. The van der Waals surface area contributed by atoms with Crippen molar-refractivity contribution in [3.05, 3.63) is 59.4 Å². The predicted molar refractivity (Wildman–Crippen MR) is 88.1 cm³/mol. The fourth-order valence-electron chi connectivity index (χ4n) is 2.23. The molecule has 0 saturated carbocycles. The van der Waals surface area contributed by atoms with Gasteiger partial charge in [-0.05, 0) is 49.4 Å². The van der Waals surface area contributed by atoms with Gasteiger partial charge in [0.25, 0.3) is 0 Å². The Morgan fingerprint density at radius 1 is 1.17 bits per heavy atom. The molecule has 128 valence electrons. The van der Waals surface area contributed by atoms with E-state index in [2.05, 4.69) is 0 Å². The molecule has 0 aliphatic heterocycles. The maximum absolute atomic E-state index is 13.0. The van der Waals surface area contributed by atoms with Crippen LogP contribution in [0.1, 0.15) is 22.8 Å². The summed E-state index contributed by atoms with van der Waals surface area (Å²) in [4.78, 5) is 11.5. The van der Waals surface area contributed by atoms with Crippen LogP contribution < -0.4 is 4.74 Å². The molecular formula is C17H18FNO4S. The molecule has 0 fully saturated rings. The van der Waals surface area contributed by atoms with Crippen molar-refractivity contribution in [3.8, 4) is 5.75 Å². The third-order valence-corrected chi connectivity index (χ3v) is 5.42. The molecule has 2 rings (SSSR count). The van der Waals surface area contributed by atoms with Crippen LogP contribution in [0.3, 0.4) is 0 Å². The third-order valence-electron chi connectivity index (χ3n) is 3.60. The van der Waals surface area contributed by atoms with Crippen molar-refractivity contribution in [2.75, 3.05) is 14.2 Å². The maximum atomic E-state index is 13.0. The van der Waals surface area contributed by atoms with Gasteiger partial charge in [0.2, 0.25) is 10.0 Å². The van der Waals surface area contributed by atoms with Crippen LogP contribution in [0.15, 0.2) is 47.4 Å². The minimum atomic E-state index is -3.79. The minimum Gasteiger partial charge on any atom is -0.496 e. The maximum Gasteiger partial charge on any atom is 0.243 e. The van der Waals surface area contributed by atoms with Crippen molar-refractivity contribution in [1.29, 1.82) is 0 Å². The highest BCUT2D eigenvalue weighted by Crippen LogP contribution is 2.24. The molecule has 0 bridgehead atoms. The number of hydrogen-bond acceptors (Lipinski definition) is 4. The summed E-state index contributed by atoms with van der Waals surface area (Å²) in [5.41, 5.74) is 1.04. The second kappa shape index (κ2) is 7.11. The quantitative estimate of drug-likeness (QED) is 0.751. The fourth-order valence-corrected chi connectivity index (χ4v) is 3.38. The van der Waals surface area contributed by atoms with Crippen LogP contribution in [-0.4, -0.2) is 32.7 Å². The highest BCUT2D eigenvalue weighted by atomic mass is 32.2. The summed E-state index contributed by atoms with van der Waals surface area (Å²) in [6, 6.07) is 9.48. The van der Waals surface area contributed by atoms with Gasteiger partial charge in [0, 0.05) is 24.7 Å². The molecule has 0 unspecified atom stereocenters. The van der Waals surface area contributed by atoms with Crippen LogP contribution in [0.4, 0.5) is 4.39 Å². The topological polar surface area (TPSA) is 63.7 Å². The lowest BCUT2D eigenvalue weighted by molar-refractivity contribution is 0.101. The molecule has 0 aliphatic carbocycles. The first-order valence-electron chi connectivity index (χ1n) is 7.15. The zero-order valence-electron chi connectivity index (χ0n) is 13.6. The molecule has 0 spiro atoms. The van der Waals surface area contributed by atoms with Crippen LogP contribution in [0.5, 0.6) is 5.75 Å². The van der Waals surface area contributed by atoms with Crippen LogP contribution in [0, 0.1) is 5.82 Å². The van der Waals surface area contributed by atoms with E-state index in [-0.39, 0.29) is 17.2 Å². The van der Waals surface area contributed by atoms with Gasteiger partial charge in [-0.15, -0.1) is 0 Å². The van der Waals surface area contributed by atoms with Crippen molar-refractivity contribution < 1.29 is 22.3 Å². The molecular weight excluding hydrogens is 333 g/mol. The number of hydrogen-bond donors (Lipinski definition) is 0. The van der Waals surface area contributed by atoms with Gasteiger partial charge in [0.15, 0.2) is 5.78 Å². The zero-order valence-corrected chi connectivity index (χ0v) is 14.4. The van der Waals surface area contributed by atoms with E-state index in [1.807, 2.05) is 0 Å². The average molecular weight is 351 g/mol. The van der Waals surface area contributed by atoms with Gasteiger partial charge in [0.1, 0.15) is 11.6 Å². The summed E-state index contributed by atoms with van der Waals surface area (Å²) in [7, 11) is -0.898. The second-order valence-electron chi connectivity index (χ2n) is 5.30. The standard InChI is InChI=1S/C17H18FNO4S/c1-12(20)13-4-9-17(23-3)14(10-13)11-19(2)24(21,22)16-7-5-15(18)6-8-16/h4-10H,11H2,1-3H3. The molecule has 0 N–H and O–H groups in total. The number of carbonyl (C=O) groups excluding carboxylic acids is 1. The number of carbonyl (C=O) groups is 1. The molecule has 0 amide bonds. The number of halogens is 1. The van der Waals surface area contributed by atoms with E-state index in [0.717, 1.165) is 16.4 Å². The second-order valence-corrected chi connectivity index (χ2v) is 7.34. The SMILES string of the molecule is COc1ccc(C(C)=O)cc1CN(C)S(=O)(=O)c1ccc(F)cc1. The highest BCUT2D eigenvalue weighted by molar-refractivity contribution is 7.89. The fraction of sp³-hybridized carbons (Fsp3) is 0.235. The molecule has 0 radical (unpaired) electrons. The number of nitrogens with zero attached hydrogens (tertiary/aromatic N) is 1. The van der Waals surface area contributed by atoms with Gasteiger partial charge in [-0.1, -0.05) is 0 Å². The van der Waals surface area contributed by atoms with Crippen LogP contribution >= 0.6 is 0 Å². The largest absolute Gasteiger partial charge is 0.496 e. The van der Waals surface area contributed by atoms with Gasteiger partial charge in [-0.3, -0.25) is 4.79 Å². The number of benzene rings is 2. The van der Waals surface area contributed by atoms with Gasteiger partial charge >= 0.3 is 0 Å². The lowest BCUT2D eigenvalue weighted by Gasteiger charge is -2.19. The summed E-state index contributed by atoms with van der Waals surface area (Å²) in [5.74, 6) is -0.142. The van der Waals surface area contributed by atoms with E-state index >= 15 is 0 Å². The first-order valence-corrected chi connectivity index (χ1v) is 8.59. The Balaban J connectivity index is 2.34. The first kappa shape index (κ1) is 18.1. The summed E-state index contributed by atoms with van der Waals surface area (Å²) in [5, 5.41) is 0. The van der Waals surface area contributed by atoms with E-state index in [1.54, 1.807) is 18.2 Å².